The number of rotatable bonds is 6. The number of hydrogen-bond acceptors (Lipinski definition) is 1. The van der Waals surface area contributed by atoms with Gasteiger partial charge in [0.1, 0.15) is 5.60 Å². The van der Waals surface area contributed by atoms with E-state index in [0.29, 0.717) is 17.1 Å². The van der Waals surface area contributed by atoms with E-state index in [1.807, 2.05) is 0 Å². The molecule has 0 amide bonds. The molecular formula is C13H24O. The van der Waals surface area contributed by atoms with Crippen LogP contribution in [0.25, 0.3) is 0 Å². The second-order valence-corrected chi connectivity index (χ2v) is 5.45. The van der Waals surface area contributed by atoms with Crippen LogP contribution >= 0.6 is 0 Å². The molecule has 0 aromatic rings. The molecule has 0 aromatic heterocycles. The summed E-state index contributed by atoms with van der Waals surface area (Å²) in [6.45, 7) is 6.92. The van der Waals surface area contributed by atoms with E-state index in [1.54, 1.807) is 0 Å². The van der Waals surface area contributed by atoms with Gasteiger partial charge in [-0.15, -0.1) is 0 Å². The largest absolute Gasteiger partial charge is 0.362 e. The van der Waals surface area contributed by atoms with Gasteiger partial charge in [0, 0.05) is 0 Å². The fourth-order valence-corrected chi connectivity index (χ4v) is 2.99. The fraction of sp³-hybridized carbons (Fsp3) is 1.00. The molecule has 2 fully saturated rings. The minimum Gasteiger partial charge on any atom is -0.362 e. The molecular weight excluding hydrogens is 172 g/mol. The molecule has 1 saturated carbocycles. The Morgan fingerprint density at radius 1 is 1.14 bits per heavy atom. The highest BCUT2D eigenvalue weighted by Gasteiger charge is 2.76. The van der Waals surface area contributed by atoms with Crippen molar-refractivity contribution < 1.29 is 4.74 Å². The number of hydrogen-bond donors (Lipinski definition) is 0. The third-order valence-corrected chi connectivity index (χ3v) is 4.15. The third kappa shape index (κ3) is 1.50. The molecule has 1 heteroatoms. The van der Waals surface area contributed by atoms with Crippen LogP contribution in [0.2, 0.25) is 0 Å². The summed E-state index contributed by atoms with van der Waals surface area (Å²) in [4.78, 5) is 0. The Hall–Kier alpha value is -0.0400. The molecule has 0 N–H and O–H groups in total. The lowest BCUT2D eigenvalue weighted by Crippen LogP contribution is -2.23. The molecule has 2 aliphatic rings. The van der Waals surface area contributed by atoms with Gasteiger partial charge in [-0.3, -0.25) is 0 Å². The van der Waals surface area contributed by atoms with Crippen LogP contribution in [0.1, 0.15) is 65.7 Å². The van der Waals surface area contributed by atoms with Crippen molar-refractivity contribution in [1.82, 2.24) is 0 Å². The minimum absolute atomic E-state index is 0.306. The Morgan fingerprint density at radius 2 is 1.86 bits per heavy atom. The number of unbranched alkanes of at least 4 members (excludes halogenated alkanes) is 3. The zero-order valence-electron chi connectivity index (χ0n) is 9.94. The molecule has 1 heterocycles. The summed E-state index contributed by atoms with van der Waals surface area (Å²) >= 11 is 0. The molecule has 0 radical (unpaired) electrons. The maximum atomic E-state index is 6.04. The van der Waals surface area contributed by atoms with Crippen LogP contribution < -0.4 is 0 Å². The van der Waals surface area contributed by atoms with Crippen LogP contribution in [0.3, 0.4) is 0 Å². The molecule has 1 unspecified atom stereocenters. The molecule has 1 aliphatic carbocycles. The SMILES string of the molecule is CCCCCCC1(C(C)C)OC12CC2. The van der Waals surface area contributed by atoms with E-state index in [9.17, 15) is 0 Å². The predicted octanol–water partition coefficient (Wildman–Crippen LogP) is 3.91. The molecule has 1 spiro atoms. The van der Waals surface area contributed by atoms with Gasteiger partial charge >= 0.3 is 0 Å². The average molecular weight is 196 g/mol. The second kappa shape index (κ2) is 3.52. The maximum Gasteiger partial charge on any atom is 0.100 e. The smallest absolute Gasteiger partial charge is 0.100 e. The standard InChI is InChI=1S/C13H24O/c1-4-5-6-7-8-13(11(2)3)12(14-13)9-10-12/h11H,4-10H2,1-3H3. The first kappa shape index (κ1) is 10.5. The highest BCUT2D eigenvalue weighted by atomic mass is 16.6. The summed E-state index contributed by atoms with van der Waals surface area (Å²) in [6.07, 6.45) is 9.46. The molecule has 0 aromatic carbocycles. The van der Waals surface area contributed by atoms with E-state index in [4.69, 9.17) is 4.74 Å². The Bertz CT molecular complexity index is 205. The average Bonchev–Trinajstić information content (AvgIpc) is 3.02. The fourth-order valence-electron chi connectivity index (χ4n) is 2.99. The van der Waals surface area contributed by atoms with Crippen molar-refractivity contribution in [3.05, 3.63) is 0 Å². The van der Waals surface area contributed by atoms with Gasteiger partial charge in [0.05, 0.1) is 5.60 Å². The van der Waals surface area contributed by atoms with Crippen molar-refractivity contribution in [3.8, 4) is 0 Å². The molecule has 1 nitrogen and oxygen atoms in total. The van der Waals surface area contributed by atoms with Crippen LogP contribution in [-0.2, 0) is 4.74 Å². The van der Waals surface area contributed by atoms with Crippen LogP contribution in [0.4, 0.5) is 0 Å². The zero-order chi connectivity index (χ0) is 10.2. The predicted molar refractivity (Wildman–Crippen MR) is 59.4 cm³/mol. The van der Waals surface area contributed by atoms with E-state index in [0.717, 1.165) is 0 Å². The summed E-state index contributed by atoms with van der Waals surface area (Å²) in [5.41, 5.74) is 0.689. The van der Waals surface area contributed by atoms with E-state index in [2.05, 4.69) is 20.8 Å². The summed E-state index contributed by atoms with van der Waals surface area (Å²) in [5, 5.41) is 0. The normalized spacial score (nSPS) is 32.6. The summed E-state index contributed by atoms with van der Waals surface area (Å²) in [5.74, 6) is 0.714. The lowest BCUT2D eigenvalue weighted by atomic mass is 9.85. The number of epoxide rings is 1. The van der Waals surface area contributed by atoms with Gasteiger partial charge in [0.2, 0.25) is 0 Å². The van der Waals surface area contributed by atoms with Gasteiger partial charge in [-0.05, 0) is 25.2 Å². The quantitative estimate of drug-likeness (QED) is 0.463. The Kier molecular flexibility index (Phi) is 2.63. The zero-order valence-corrected chi connectivity index (χ0v) is 9.94. The number of ether oxygens (including phenoxy) is 1. The van der Waals surface area contributed by atoms with Gasteiger partial charge in [-0.2, -0.15) is 0 Å². The van der Waals surface area contributed by atoms with E-state index in [1.165, 1.54) is 44.9 Å². The minimum atomic E-state index is 0.306. The third-order valence-electron chi connectivity index (χ3n) is 4.15. The molecule has 1 atom stereocenters. The van der Waals surface area contributed by atoms with Gasteiger partial charge < -0.3 is 4.74 Å². The van der Waals surface area contributed by atoms with Gasteiger partial charge in [0.15, 0.2) is 0 Å². The summed E-state index contributed by atoms with van der Waals surface area (Å²) < 4.78 is 6.04. The summed E-state index contributed by atoms with van der Waals surface area (Å²) in [7, 11) is 0. The first-order valence-corrected chi connectivity index (χ1v) is 6.37. The maximum absolute atomic E-state index is 6.04. The van der Waals surface area contributed by atoms with Crippen LogP contribution in [0.5, 0.6) is 0 Å². The molecule has 14 heavy (non-hydrogen) atoms. The van der Waals surface area contributed by atoms with E-state index in [-0.39, 0.29) is 0 Å². The first-order valence-electron chi connectivity index (χ1n) is 6.37. The Balaban J connectivity index is 1.77. The molecule has 1 aliphatic heterocycles. The Morgan fingerprint density at radius 3 is 2.29 bits per heavy atom. The van der Waals surface area contributed by atoms with E-state index < -0.39 is 0 Å². The second-order valence-electron chi connectivity index (χ2n) is 5.45. The molecule has 0 bridgehead atoms. The highest BCUT2D eigenvalue weighted by molar-refractivity contribution is 5.25. The van der Waals surface area contributed by atoms with Crippen LogP contribution in [-0.4, -0.2) is 11.2 Å². The van der Waals surface area contributed by atoms with Crippen molar-refractivity contribution in [2.45, 2.75) is 76.9 Å². The molecule has 2 rings (SSSR count). The topological polar surface area (TPSA) is 12.5 Å². The van der Waals surface area contributed by atoms with E-state index >= 15 is 0 Å². The van der Waals surface area contributed by atoms with Crippen molar-refractivity contribution in [2.24, 2.45) is 5.92 Å². The first-order chi connectivity index (χ1) is 6.67. The van der Waals surface area contributed by atoms with Crippen molar-refractivity contribution in [2.75, 3.05) is 0 Å². The van der Waals surface area contributed by atoms with Crippen LogP contribution in [0.15, 0.2) is 0 Å². The lowest BCUT2D eigenvalue weighted by Gasteiger charge is -2.16. The van der Waals surface area contributed by atoms with Crippen LogP contribution in [0, 0.1) is 5.92 Å². The van der Waals surface area contributed by atoms with Gasteiger partial charge in [0.25, 0.3) is 0 Å². The summed E-state index contributed by atoms with van der Waals surface area (Å²) in [6, 6.07) is 0. The lowest BCUT2D eigenvalue weighted by molar-refractivity contribution is 0.217. The van der Waals surface area contributed by atoms with Crippen molar-refractivity contribution in [1.29, 1.82) is 0 Å². The molecule has 1 saturated heterocycles. The Labute approximate surface area is 88.2 Å². The highest BCUT2D eigenvalue weighted by Crippen LogP contribution is 2.69. The van der Waals surface area contributed by atoms with Gasteiger partial charge in [-0.25, -0.2) is 0 Å². The van der Waals surface area contributed by atoms with Crippen molar-refractivity contribution >= 4 is 0 Å². The van der Waals surface area contributed by atoms with Gasteiger partial charge in [-0.1, -0.05) is 46.5 Å². The molecule has 82 valence electrons. The monoisotopic (exact) mass is 196 g/mol. The van der Waals surface area contributed by atoms with Crippen molar-refractivity contribution in [3.63, 3.8) is 0 Å².